The molecule has 18 heavy (non-hydrogen) atoms. The van der Waals surface area contributed by atoms with Crippen LogP contribution in [0.1, 0.15) is 5.69 Å². The Labute approximate surface area is 103 Å². The second kappa shape index (κ2) is 5.92. The number of nitrogens with one attached hydrogen (secondary N) is 2. The van der Waals surface area contributed by atoms with Crippen LogP contribution in [0.4, 0.5) is 0 Å². The highest BCUT2D eigenvalue weighted by molar-refractivity contribution is 7.52. The molecule has 100 valence electrons. The van der Waals surface area contributed by atoms with Crippen LogP contribution in [0.2, 0.25) is 0 Å². The first-order valence-corrected chi connectivity index (χ1v) is 6.66. The highest BCUT2D eigenvalue weighted by Gasteiger charge is 2.30. The molecule has 5 N–H and O–H groups in total. The topological polar surface area (TPSA) is 136 Å². The lowest BCUT2D eigenvalue weighted by molar-refractivity contribution is -0.139. The molecule has 0 spiro atoms. The van der Waals surface area contributed by atoms with Gasteiger partial charge in [-0.25, -0.2) is 4.98 Å². The summed E-state index contributed by atoms with van der Waals surface area (Å²) in [7, 11) is -4.48. The van der Waals surface area contributed by atoms with Crippen molar-refractivity contribution in [2.75, 3.05) is 0 Å². The number of aromatic amines is 1. The Bertz CT molecular complexity index is 455. The molecule has 0 bridgehead atoms. The summed E-state index contributed by atoms with van der Waals surface area (Å²) in [5.41, 5.74) is 0.545. The SMILES string of the molecule is C=CC(N[C@@H](Cc1cnc[nH]1)C(=O)O)P(=O)(O)O. The maximum absolute atomic E-state index is 11.1. The van der Waals surface area contributed by atoms with E-state index in [1.165, 1.54) is 12.5 Å². The molecular weight excluding hydrogens is 261 g/mol. The summed E-state index contributed by atoms with van der Waals surface area (Å²) in [4.78, 5) is 35.5. The van der Waals surface area contributed by atoms with Crippen molar-refractivity contribution in [2.24, 2.45) is 0 Å². The smallest absolute Gasteiger partial charge is 0.346 e. The molecule has 0 radical (unpaired) electrons. The molecule has 0 aromatic carbocycles. The Morgan fingerprint density at radius 2 is 2.33 bits per heavy atom. The molecule has 0 saturated carbocycles. The molecule has 0 saturated heterocycles. The van der Waals surface area contributed by atoms with Gasteiger partial charge in [-0.05, 0) is 0 Å². The Morgan fingerprint density at radius 3 is 2.72 bits per heavy atom. The van der Waals surface area contributed by atoms with Crippen LogP contribution in [-0.4, -0.2) is 42.7 Å². The predicted octanol–water partition coefficient (Wildman–Crippen LogP) is -0.315. The zero-order valence-electron chi connectivity index (χ0n) is 9.35. The van der Waals surface area contributed by atoms with Gasteiger partial charge in [-0.1, -0.05) is 6.08 Å². The Morgan fingerprint density at radius 1 is 1.67 bits per heavy atom. The van der Waals surface area contributed by atoms with Crippen molar-refractivity contribution in [3.05, 3.63) is 30.9 Å². The van der Waals surface area contributed by atoms with Crippen molar-refractivity contribution in [3.63, 3.8) is 0 Å². The lowest BCUT2D eigenvalue weighted by Gasteiger charge is -2.21. The van der Waals surface area contributed by atoms with E-state index in [2.05, 4.69) is 21.9 Å². The lowest BCUT2D eigenvalue weighted by Crippen LogP contribution is -2.43. The summed E-state index contributed by atoms with van der Waals surface area (Å²) in [5, 5.41) is 11.4. The highest BCUT2D eigenvalue weighted by atomic mass is 31.2. The zero-order chi connectivity index (χ0) is 13.8. The van der Waals surface area contributed by atoms with Gasteiger partial charge in [0.25, 0.3) is 0 Å². The fraction of sp³-hybridized carbons (Fsp3) is 0.333. The van der Waals surface area contributed by atoms with Gasteiger partial charge in [-0.2, -0.15) is 0 Å². The summed E-state index contributed by atoms with van der Waals surface area (Å²) < 4.78 is 11.1. The molecule has 0 aliphatic heterocycles. The van der Waals surface area contributed by atoms with Gasteiger partial charge >= 0.3 is 13.6 Å². The molecule has 1 aromatic heterocycles. The van der Waals surface area contributed by atoms with Gasteiger partial charge in [0.05, 0.1) is 6.33 Å². The van der Waals surface area contributed by atoms with E-state index in [0.717, 1.165) is 6.08 Å². The molecule has 1 aromatic rings. The van der Waals surface area contributed by atoms with Gasteiger partial charge in [0, 0.05) is 18.3 Å². The van der Waals surface area contributed by atoms with E-state index in [1.54, 1.807) is 0 Å². The van der Waals surface area contributed by atoms with Gasteiger partial charge < -0.3 is 19.9 Å². The molecule has 2 atom stereocenters. The number of carboxylic acids is 1. The number of imidazole rings is 1. The standard InChI is InChI=1S/C9H14N3O5P/c1-2-8(18(15,16)17)12-7(9(13)14)3-6-4-10-5-11-6/h2,4-5,7-8,12H,1,3H2,(H,10,11)(H,13,14)(H2,15,16,17)/t7-,8?/m0/s1. The van der Waals surface area contributed by atoms with E-state index >= 15 is 0 Å². The summed E-state index contributed by atoms with van der Waals surface area (Å²) in [6.45, 7) is 3.27. The number of carboxylic acid groups (broad SMARTS) is 1. The number of hydrogen-bond acceptors (Lipinski definition) is 4. The normalized spacial score (nSPS) is 15.0. The van der Waals surface area contributed by atoms with Gasteiger partial charge in [0.1, 0.15) is 11.8 Å². The molecule has 8 nitrogen and oxygen atoms in total. The van der Waals surface area contributed by atoms with Gasteiger partial charge in [-0.3, -0.25) is 14.7 Å². The number of rotatable bonds is 7. The van der Waals surface area contributed by atoms with E-state index in [1.807, 2.05) is 0 Å². The van der Waals surface area contributed by atoms with E-state index in [-0.39, 0.29) is 6.42 Å². The second-order valence-corrected chi connectivity index (χ2v) is 5.34. The third-order valence-electron chi connectivity index (χ3n) is 2.23. The van der Waals surface area contributed by atoms with Crippen molar-refractivity contribution in [1.29, 1.82) is 0 Å². The van der Waals surface area contributed by atoms with E-state index < -0.39 is 25.4 Å². The molecular formula is C9H14N3O5P. The van der Waals surface area contributed by atoms with Crippen LogP contribution in [-0.2, 0) is 15.8 Å². The third kappa shape index (κ3) is 4.08. The monoisotopic (exact) mass is 275 g/mol. The molecule has 1 rings (SSSR count). The fourth-order valence-corrected chi connectivity index (χ4v) is 1.99. The van der Waals surface area contributed by atoms with Crippen LogP contribution >= 0.6 is 7.60 Å². The predicted molar refractivity (Wildman–Crippen MR) is 62.9 cm³/mol. The first kappa shape index (κ1) is 14.6. The second-order valence-electron chi connectivity index (χ2n) is 3.61. The largest absolute Gasteiger partial charge is 0.480 e. The maximum Gasteiger partial charge on any atom is 0.346 e. The summed E-state index contributed by atoms with van der Waals surface area (Å²) >= 11 is 0. The number of H-pyrrole nitrogens is 1. The van der Waals surface area contributed by atoms with Crippen molar-refractivity contribution in [3.8, 4) is 0 Å². The van der Waals surface area contributed by atoms with Crippen molar-refractivity contribution >= 4 is 13.6 Å². The molecule has 0 aliphatic rings. The average Bonchev–Trinajstić information content (AvgIpc) is 2.74. The van der Waals surface area contributed by atoms with Gasteiger partial charge in [0.2, 0.25) is 0 Å². The number of nitrogens with zero attached hydrogens (tertiary/aromatic N) is 1. The van der Waals surface area contributed by atoms with Crippen molar-refractivity contribution in [2.45, 2.75) is 18.2 Å². The van der Waals surface area contributed by atoms with Crippen LogP contribution in [0.25, 0.3) is 0 Å². The molecule has 0 fully saturated rings. The Hall–Kier alpha value is -1.47. The van der Waals surface area contributed by atoms with Crippen molar-refractivity contribution < 1.29 is 24.3 Å². The first-order chi connectivity index (χ1) is 8.34. The van der Waals surface area contributed by atoms with Crippen LogP contribution in [0.3, 0.4) is 0 Å². The third-order valence-corrected chi connectivity index (χ3v) is 3.32. The van der Waals surface area contributed by atoms with Crippen LogP contribution in [0.5, 0.6) is 0 Å². The van der Waals surface area contributed by atoms with E-state index in [4.69, 9.17) is 14.9 Å². The summed E-state index contributed by atoms with van der Waals surface area (Å²) in [5.74, 6) is -2.62. The number of carbonyl (C=O) groups is 1. The summed E-state index contributed by atoms with van der Waals surface area (Å²) in [6.07, 6.45) is 3.85. The average molecular weight is 275 g/mol. The number of hydrogen-bond donors (Lipinski definition) is 5. The molecule has 9 heteroatoms. The van der Waals surface area contributed by atoms with Gasteiger partial charge in [0.15, 0.2) is 0 Å². The van der Waals surface area contributed by atoms with Crippen LogP contribution < -0.4 is 5.32 Å². The minimum absolute atomic E-state index is 0.0275. The van der Waals surface area contributed by atoms with E-state index in [0.29, 0.717) is 5.69 Å². The minimum Gasteiger partial charge on any atom is -0.480 e. The molecule has 1 unspecified atom stereocenters. The Balaban J connectivity index is 2.77. The molecule has 1 heterocycles. The minimum atomic E-state index is -4.48. The highest BCUT2D eigenvalue weighted by Crippen LogP contribution is 2.40. The number of aromatic nitrogens is 2. The van der Waals surface area contributed by atoms with Crippen LogP contribution in [0.15, 0.2) is 25.2 Å². The first-order valence-electron chi connectivity index (χ1n) is 4.98. The summed E-state index contributed by atoms with van der Waals surface area (Å²) in [6, 6.07) is -1.15. The van der Waals surface area contributed by atoms with E-state index in [9.17, 15) is 9.36 Å². The Kier molecular flexibility index (Phi) is 4.80. The zero-order valence-corrected chi connectivity index (χ0v) is 10.2. The van der Waals surface area contributed by atoms with Crippen LogP contribution in [0, 0.1) is 0 Å². The fourth-order valence-electron chi connectivity index (χ4n) is 1.34. The maximum atomic E-state index is 11.1. The number of aliphatic carboxylic acids is 1. The molecule has 0 aliphatic carbocycles. The lowest BCUT2D eigenvalue weighted by atomic mass is 10.1. The molecule has 0 amide bonds. The van der Waals surface area contributed by atoms with Gasteiger partial charge in [-0.15, -0.1) is 6.58 Å². The van der Waals surface area contributed by atoms with Crippen molar-refractivity contribution in [1.82, 2.24) is 15.3 Å². The quantitative estimate of drug-likeness (QED) is 0.340.